The maximum Gasteiger partial charge on any atom is 0.306 e. The lowest BCUT2D eigenvalue weighted by Gasteiger charge is -2.06. The van der Waals surface area contributed by atoms with E-state index in [2.05, 4.69) is 9.50 Å². The van der Waals surface area contributed by atoms with E-state index in [-0.39, 0.29) is 16.0 Å². The van der Waals surface area contributed by atoms with E-state index in [1.54, 1.807) is 6.07 Å². The predicted molar refractivity (Wildman–Crippen MR) is 67.2 cm³/mol. The van der Waals surface area contributed by atoms with Gasteiger partial charge in [-0.2, -0.15) is 8.42 Å². The molecule has 0 unspecified atom stereocenters. The van der Waals surface area contributed by atoms with Crippen molar-refractivity contribution in [2.75, 3.05) is 13.3 Å². The molecule has 0 saturated carbocycles. The van der Waals surface area contributed by atoms with Crippen LogP contribution in [-0.2, 0) is 10.1 Å². The van der Waals surface area contributed by atoms with Crippen molar-refractivity contribution >= 4 is 38.7 Å². The smallest absolute Gasteiger partial charge is 0.306 e. The summed E-state index contributed by atoms with van der Waals surface area (Å²) in [6.07, 6.45) is 0.927. The van der Waals surface area contributed by atoms with E-state index in [9.17, 15) is 13.2 Å². The topological polar surface area (TPSA) is 72.5 Å². The van der Waals surface area contributed by atoms with E-state index in [4.69, 9.17) is 11.6 Å². The van der Waals surface area contributed by atoms with Crippen molar-refractivity contribution < 1.29 is 17.4 Å². The third-order valence-corrected chi connectivity index (χ3v) is 3.22. The zero-order valence-corrected chi connectivity index (χ0v) is 11.4. The zero-order chi connectivity index (χ0) is 13.1. The molecule has 17 heavy (non-hydrogen) atoms. The monoisotopic (exact) mass is 295 g/mol. The molecule has 0 aromatic heterocycles. The summed E-state index contributed by atoms with van der Waals surface area (Å²) < 4.78 is 26.5. The van der Waals surface area contributed by atoms with Crippen LogP contribution in [0.4, 0.5) is 4.79 Å². The maximum atomic E-state index is 11.1. The van der Waals surface area contributed by atoms with Crippen LogP contribution >= 0.6 is 23.4 Å². The van der Waals surface area contributed by atoms with Gasteiger partial charge in [0, 0.05) is 11.9 Å². The van der Waals surface area contributed by atoms with Gasteiger partial charge < -0.3 is 9.50 Å². The molecule has 0 saturated heterocycles. The van der Waals surface area contributed by atoms with Crippen molar-refractivity contribution in [3.63, 3.8) is 0 Å². The highest BCUT2D eigenvalue weighted by molar-refractivity contribution is 8.13. The van der Waals surface area contributed by atoms with Gasteiger partial charge in [-0.3, -0.25) is 4.79 Å². The van der Waals surface area contributed by atoms with Crippen LogP contribution in [0.25, 0.3) is 0 Å². The summed E-state index contributed by atoms with van der Waals surface area (Å²) >= 11 is 6.77. The fourth-order valence-corrected chi connectivity index (χ4v) is 2.36. The molecular formula is C9H10ClNO4S2. The second kappa shape index (κ2) is 5.61. The van der Waals surface area contributed by atoms with E-state index in [0.29, 0.717) is 4.90 Å². The molecule has 1 amide bonds. The number of carbonyl (C=O) groups excluding carboxylic acids is 1. The summed E-state index contributed by atoms with van der Waals surface area (Å²) in [4.78, 5) is 11.7. The van der Waals surface area contributed by atoms with Gasteiger partial charge in [0.25, 0.3) is 5.24 Å². The summed E-state index contributed by atoms with van der Waals surface area (Å²) in [5.41, 5.74) is 0. The van der Waals surface area contributed by atoms with Crippen molar-refractivity contribution in [1.82, 2.24) is 5.32 Å². The number of nitrogens with one attached hydrogen (secondary N) is 1. The zero-order valence-electron chi connectivity index (χ0n) is 9.06. The highest BCUT2D eigenvalue weighted by Gasteiger charge is 2.10. The van der Waals surface area contributed by atoms with Gasteiger partial charge in [-0.1, -0.05) is 11.6 Å². The molecule has 0 spiro atoms. The van der Waals surface area contributed by atoms with Gasteiger partial charge in [-0.15, -0.1) is 0 Å². The van der Waals surface area contributed by atoms with Gasteiger partial charge in [0.15, 0.2) is 5.75 Å². The number of rotatable bonds is 3. The molecule has 0 bridgehead atoms. The van der Waals surface area contributed by atoms with Crippen molar-refractivity contribution in [3.8, 4) is 5.75 Å². The lowest BCUT2D eigenvalue weighted by Crippen LogP contribution is -2.10. The number of hydrogen-bond donors (Lipinski definition) is 1. The molecule has 5 nitrogen and oxygen atoms in total. The number of benzene rings is 1. The molecule has 0 heterocycles. The first-order chi connectivity index (χ1) is 7.81. The molecule has 1 aromatic rings. The lowest BCUT2D eigenvalue weighted by atomic mass is 10.3. The van der Waals surface area contributed by atoms with E-state index in [0.717, 1.165) is 18.0 Å². The van der Waals surface area contributed by atoms with E-state index >= 15 is 0 Å². The summed E-state index contributed by atoms with van der Waals surface area (Å²) in [6.45, 7) is 0. The second-order valence-corrected chi connectivity index (χ2v) is 6.05. The van der Waals surface area contributed by atoms with Gasteiger partial charge in [0.2, 0.25) is 0 Å². The number of carbonyl (C=O) groups is 1. The van der Waals surface area contributed by atoms with Crippen molar-refractivity contribution in [2.24, 2.45) is 0 Å². The Morgan fingerprint density at radius 2 is 2.12 bits per heavy atom. The molecule has 0 atom stereocenters. The Hall–Kier alpha value is -0.920. The molecule has 8 heteroatoms. The molecule has 0 radical (unpaired) electrons. The van der Waals surface area contributed by atoms with Gasteiger partial charge >= 0.3 is 10.1 Å². The van der Waals surface area contributed by atoms with Gasteiger partial charge in [0.1, 0.15) is 0 Å². The van der Waals surface area contributed by atoms with Crippen LogP contribution in [0.1, 0.15) is 0 Å². The van der Waals surface area contributed by atoms with Gasteiger partial charge in [-0.25, -0.2) is 0 Å². The fraction of sp³-hybridized carbons (Fsp3) is 0.222. The molecule has 94 valence electrons. The quantitative estimate of drug-likeness (QED) is 0.683. The molecule has 1 aromatic carbocycles. The molecule has 0 aliphatic heterocycles. The average Bonchev–Trinajstić information content (AvgIpc) is 2.20. The van der Waals surface area contributed by atoms with E-state index in [1.165, 1.54) is 19.2 Å². The number of thioether (sulfide) groups is 1. The first kappa shape index (κ1) is 14.1. The lowest BCUT2D eigenvalue weighted by molar-refractivity contribution is 0.262. The highest BCUT2D eigenvalue weighted by atomic mass is 35.5. The molecule has 0 aliphatic rings. The van der Waals surface area contributed by atoms with Crippen LogP contribution in [0, 0.1) is 0 Å². The van der Waals surface area contributed by atoms with E-state index in [1.807, 2.05) is 0 Å². The van der Waals surface area contributed by atoms with Crippen molar-refractivity contribution in [1.29, 1.82) is 0 Å². The van der Waals surface area contributed by atoms with E-state index < -0.39 is 10.1 Å². The van der Waals surface area contributed by atoms with Crippen LogP contribution in [0.2, 0.25) is 5.02 Å². The number of hydrogen-bond acceptors (Lipinski definition) is 5. The Bertz CT molecular complexity index is 530. The standard InChI is InChI=1S/C9H10ClNO4S2/c1-11-9(12)16-6-3-4-8(7(10)5-6)15-17(2,13)14/h3-5H,1-2H3,(H,11,12). The van der Waals surface area contributed by atoms with Crippen LogP contribution in [0.3, 0.4) is 0 Å². The normalized spacial score (nSPS) is 11.0. The first-order valence-electron chi connectivity index (χ1n) is 4.40. The third-order valence-electron chi connectivity index (χ3n) is 1.56. The molecular weight excluding hydrogens is 286 g/mol. The Balaban J connectivity index is 2.90. The van der Waals surface area contributed by atoms with Gasteiger partial charge in [-0.05, 0) is 30.0 Å². The number of halogens is 1. The van der Waals surface area contributed by atoms with Crippen molar-refractivity contribution in [2.45, 2.75) is 4.90 Å². The average molecular weight is 296 g/mol. The first-order valence-corrected chi connectivity index (χ1v) is 7.41. The van der Waals surface area contributed by atoms with Crippen LogP contribution in [0.5, 0.6) is 5.75 Å². The molecule has 1 N–H and O–H groups in total. The molecule has 1 rings (SSSR count). The minimum atomic E-state index is -3.61. The minimum absolute atomic E-state index is 0.0374. The Morgan fingerprint density at radius 3 is 2.59 bits per heavy atom. The molecule has 0 fully saturated rings. The van der Waals surface area contributed by atoms with Crippen LogP contribution < -0.4 is 9.50 Å². The SMILES string of the molecule is CNC(=O)Sc1ccc(OS(C)(=O)=O)c(Cl)c1. The Labute approximate surface area is 109 Å². The largest absolute Gasteiger partial charge is 0.381 e. The number of amides is 1. The fourth-order valence-electron chi connectivity index (χ4n) is 0.934. The maximum absolute atomic E-state index is 11.1. The Morgan fingerprint density at radius 1 is 1.47 bits per heavy atom. The summed E-state index contributed by atoms with van der Waals surface area (Å²) in [6, 6.07) is 4.41. The second-order valence-electron chi connectivity index (χ2n) is 3.02. The Kier molecular flexibility index (Phi) is 4.67. The summed E-state index contributed by atoms with van der Waals surface area (Å²) in [5.74, 6) is 0.0374. The predicted octanol–water partition coefficient (Wildman–Crippen LogP) is 2.11. The van der Waals surface area contributed by atoms with Gasteiger partial charge in [0.05, 0.1) is 11.3 Å². The summed E-state index contributed by atoms with van der Waals surface area (Å²) in [7, 11) is -2.10. The summed E-state index contributed by atoms with van der Waals surface area (Å²) in [5, 5.41) is 2.33. The third kappa shape index (κ3) is 4.84. The molecule has 0 aliphatic carbocycles. The van der Waals surface area contributed by atoms with Crippen molar-refractivity contribution in [3.05, 3.63) is 23.2 Å². The minimum Gasteiger partial charge on any atom is -0.381 e. The van der Waals surface area contributed by atoms with Crippen LogP contribution in [0.15, 0.2) is 23.1 Å². The van der Waals surface area contributed by atoms with Crippen LogP contribution in [-0.4, -0.2) is 27.0 Å². The highest BCUT2D eigenvalue weighted by Crippen LogP contribution is 2.30.